The van der Waals surface area contributed by atoms with Crippen LogP contribution in [0.2, 0.25) is 0 Å². The number of likely N-dealkylation sites (tertiary alicyclic amines) is 1. The number of anilines is 1. The number of methoxy groups -OCH3 is 1. The fourth-order valence-electron chi connectivity index (χ4n) is 7.76. The van der Waals surface area contributed by atoms with Crippen molar-refractivity contribution < 1.29 is 29.0 Å². The van der Waals surface area contributed by atoms with E-state index in [1.165, 1.54) is 7.11 Å². The second-order valence-corrected chi connectivity index (χ2v) is 14.5. The topological polar surface area (TPSA) is 129 Å². The van der Waals surface area contributed by atoms with Crippen LogP contribution >= 0.6 is 0 Å². The molecule has 2 aliphatic rings. The molecule has 10 heteroatoms. The van der Waals surface area contributed by atoms with Gasteiger partial charge >= 0.3 is 12.1 Å². The summed E-state index contributed by atoms with van der Waals surface area (Å²) in [5, 5.41) is 22.1. The third-order valence-corrected chi connectivity index (χ3v) is 9.91. The number of nitrogens with zero attached hydrogens (tertiary/aromatic N) is 1. The number of carbonyl (C=O) groups excluding carboxylic acids is 3. The second-order valence-electron chi connectivity index (χ2n) is 14.5. The Kier molecular flexibility index (Phi) is 10.7. The van der Waals surface area contributed by atoms with Crippen LogP contribution in [0.3, 0.4) is 0 Å². The Morgan fingerprint density at radius 3 is 1.92 bits per heavy atom. The van der Waals surface area contributed by atoms with E-state index in [0.717, 1.165) is 22.4 Å². The van der Waals surface area contributed by atoms with Gasteiger partial charge in [0, 0.05) is 24.2 Å². The number of hydrogen-bond donors (Lipinski definition) is 4. The molecule has 0 unspecified atom stereocenters. The highest BCUT2D eigenvalue weighted by Crippen LogP contribution is 2.56. The number of esters is 1. The molecule has 2 aliphatic heterocycles. The molecule has 0 aromatic heterocycles. The van der Waals surface area contributed by atoms with Gasteiger partial charge in [0.15, 0.2) is 0 Å². The van der Waals surface area contributed by atoms with Crippen molar-refractivity contribution in [3.63, 3.8) is 0 Å². The molecule has 4 N–H and O–H groups in total. The molecule has 4 aromatic carbocycles. The van der Waals surface area contributed by atoms with E-state index in [4.69, 9.17) is 9.47 Å². The van der Waals surface area contributed by atoms with E-state index in [0.29, 0.717) is 24.9 Å². The summed E-state index contributed by atoms with van der Waals surface area (Å²) in [5.41, 5.74) is 1.12. The number of carbonyl (C=O) groups is 3. The molecule has 0 bridgehead atoms. The van der Waals surface area contributed by atoms with Crippen LogP contribution in [0.1, 0.15) is 68.7 Å². The molecule has 4 atom stereocenters. The Bertz CT molecular complexity index is 1750. The number of hydrogen-bond acceptors (Lipinski definition) is 8. The zero-order chi connectivity index (χ0) is 36.9. The predicted molar refractivity (Wildman–Crippen MR) is 199 cm³/mol. The van der Waals surface area contributed by atoms with Gasteiger partial charge in [0.2, 0.25) is 5.91 Å². The molecular formula is C42H48N4O6. The number of ether oxygens (including phenoxy) is 2. The maximum absolute atomic E-state index is 14.9. The van der Waals surface area contributed by atoms with Gasteiger partial charge in [-0.3, -0.25) is 9.69 Å². The molecular weight excluding hydrogens is 656 g/mol. The van der Waals surface area contributed by atoms with Gasteiger partial charge in [0.05, 0.1) is 18.7 Å². The van der Waals surface area contributed by atoms with Crippen LogP contribution in [0.4, 0.5) is 10.5 Å². The standard InChI is InChI=1S/C42H48N4O6/c1-40(2,3)52-39(49)43-27-17-16-26-34(37(48)51-4)44-36(47)35-28-41(50)32-24-14-15-25-33(32)45-38(41)46(35)42(29-18-8-5-9-19-29,30-20-10-6-11-21-30)31-22-12-7-13-23-31/h5-15,18-25,34-35,38,45,50H,16-17,26-28H2,1-4H3,(H,43,49)(H,44,47)/t34-,35-,38-,41+/m0/s1. The lowest BCUT2D eigenvalue weighted by atomic mass is 9.74. The summed E-state index contributed by atoms with van der Waals surface area (Å²) < 4.78 is 10.5. The van der Waals surface area contributed by atoms with Crippen molar-refractivity contribution in [3.05, 3.63) is 138 Å². The third kappa shape index (κ3) is 7.13. The molecule has 4 aromatic rings. The van der Waals surface area contributed by atoms with Gasteiger partial charge in [0.25, 0.3) is 0 Å². The minimum absolute atomic E-state index is 0.0649. The van der Waals surface area contributed by atoms with E-state index in [1.54, 1.807) is 20.8 Å². The SMILES string of the molecule is COC(=O)[C@H](CCCCNC(=O)OC(C)(C)C)NC(=O)[C@@H]1C[C@@]2(O)c3ccccc3N[C@H]2N1C(c1ccccc1)(c1ccccc1)c1ccccc1. The van der Waals surface area contributed by atoms with Crippen molar-refractivity contribution >= 4 is 23.7 Å². The quantitative estimate of drug-likeness (QED) is 0.0798. The van der Waals surface area contributed by atoms with Gasteiger partial charge in [-0.2, -0.15) is 0 Å². The van der Waals surface area contributed by atoms with E-state index in [2.05, 4.69) is 57.2 Å². The molecule has 1 fully saturated rings. The zero-order valence-electron chi connectivity index (χ0n) is 30.2. The number of para-hydroxylation sites is 1. The molecule has 10 nitrogen and oxygen atoms in total. The molecule has 2 amide bonds. The molecule has 52 heavy (non-hydrogen) atoms. The first kappa shape index (κ1) is 36.6. The zero-order valence-corrected chi connectivity index (χ0v) is 30.2. The molecule has 2 heterocycles. The summed E-state index contributed by atoms with van der Waals surface area (Å²) >= 11 is 0. The number of alkyl carbamates (subject to hydrolysis) is 1. The Hall–Kier alpha value is -5.19. The monoisotopic (exact) mass is 704 g/mol. The summed E-state index contributed by atoms with van der Waals surface area (Å²) in [6.07, 6.45) is 0.195. The van der Waals surface area contributed by atoms with Gasteiger partial charge in [-0.15, -0.1) is 0 Å². The Balaban J connectivity index is 1.39. The number of unbranched alkanes of at least 4 members (excludes halogenated alkanes) is 1. The number of amides is 2. The summed E-state index contributed by atoms with van der Waals surface area (Å²) in [6.45, 7) is 5.74. The fourth-order valence-corrected chi connectivity index (χ4v) is 7.76. The highest BCUT2D eigenvalue weighted by atomic mass is 16.6. The van der Waals surface area contributed by atoms with Crippen LogP contribution < -0.4 is 16.0 Å². The smallest absolute Gasteiger partial charge is 0.407 e. The highest BCUT2D eigenvalue weighted by Gasteiger charge is 2.64. The van der Waals surface area contributed by atoms with Gasteiger partial charge in [-0.05, 0) is 62.8 Å². The Labute approximate surface area is 305 Å². The molecule has 0 radical (unpaired) electrons. The Morgan fingerprint density at radius 1 is 0.846 bits per heavy atom. The van der Waals surface area contributed by atoms with Crippen molar-refractivity contribution in [2.45, 2.75) is 81.4 Å². The van der Waals surface area contributed by atoms with Gasteiger partial charge < -0.3 is 30.5 Å². The van der Waals surface area contributed by atoms with Gasteiger partial charge in [-0.1, -0.05) is 109 Å². The van der Waals surface area contributed by atoms with E-state index in [-0.39, 0.29) is 12.8 Å². The van der Waals surface area contributed by atoms with Crippen molar-refractivity contribution in [2.75, 3.05) is 19.0 Å². The number of fused-ring (bicyclic) bond motifs is 3. The molecule has 1 saturated heterocycles. The summed E-state index contributed by atoms with van der Waals surface area (Å²) in [4.78, 5) is 42.2. The molecule has 0 aliphatic carbocycles. The second kappa shape index (κ2) is 15.2. The minimum atomic E-state index is -1.45. The lowest BCUT2D eigenvalue weighted by molar-refractivity contribution is -0.146. The van der Waals surface area contributed by atoms with Crippen LogP contribution in [-0.2, 0) is 30.2 Å². The maximum atomic E-state index is 14.9. The normalized spacial score (nSPS) is 20.2. The average molecular weight is 705 g/mol. The van der Waals surface area contributed by atoms with Crippen LogP contribution in [0.25, 0.3) is 0 Å². The van der Waals surface area contributed by atoms with Crippen LogP contribution in [-0.4, -0.2) is 65.5 Å². The largest absolute Gasteiger partial charge is 0.467 e. The lowest BCUT2D eigenvalue weighted by Gasteiger charge is -2.48. The molecule has 0 saturated carbocycles. The van der Waals surface area contributed by atoms with E-state index in [9.17, 15) is 19.5 Å². The third-order valence-electron chi connectivity index (χ3n) is 9.91. The fraction of sp³-hybridized carbons (Fsp3) is 0.357. The molecule has 0 spiro atoms. The summed E-state index contributed by atoms with van der Waals surface area (Å²) in [6, 6.07) is 35.9. The van der Waals surface area contributed by atoms with E-state index in [1.807, 2.05) is 78.9 Å². The highest BCUT2D eigenvalue weighted by molar-refractivity contribution is 5.89. The van der Waals surface area contributed by atoms with Crippen LogP contribution in [0, 0.1) is 0 Å². The van der Waals surface area contributed by atoms with Gasteiger partial charge in [-0.25, -0.2) is 9.59 Å². The first-order valence-corrected chi connectivity index (χ1v) is 17.9. The minimum Gasteiger partial charge on any atom is -0.467 e. The van der Waals surface area contributed by atoms with Crippen molar-refractivity contribution in [1.82, 2.24) is 15.5 Å². The molecule has 6 rings (SSSR count). The van der Waals surface area contributed by atoms with Crippen LogP contribution in [0.5, 0.6) is 0 Å². The average Bonchev–Trinajstić information content (AvgIpc) is 3.60. The molecule has 272 valence electrons. The summed E-state index contributed by atoms with van der Waals surface area (Å²) in [7, 11) is 1.30. The number of benzene rings is 4. The van der Waals surface area contributed by atoms with Crippen molar-refractivity contribution in [2.24, 2.45) is 0 Å². The number of rotatable bonds is 12. The predicted octanol–water partition coefficient (Wildman–Crippen LogP) is 6.05. The maximum Gasteiger partial charge on any atom is 0.407 e. The number of nitrogens with one attached hydrogen (secondary N) is 3. The van der Waals surface area contributed by atoms with Crippen molar-refractivity contribution in [1.29, 1.82) is 0 Å². The van der Waals surface area contributed by atoms with E-state index >= 15 is 0 Å². The first-order valence-electron chi connectivity index (χ1n) is 17.9. The Morgan fingerprint density at radius 2 is 1.38 bits per heavy atom. The van der Waals surface area contributed by atoms with Crippen LogP contribution in [0.15, 0.2) is 115 Å². The lowest BCUT2D eigenvalue weighted by Crippen LogP contribution is -2.61. The summed E-state index contributed by atoms with van der Waals surface area (Å²) in [5.74, 6) is -0.975. The van der Waals surface area contributed by atoms with Gasteiger partial charge in [0.1, 0.15) is 23.4 Å². The first-order chi connectivity index (χ1) is 25.0. The number of aliphatic hydroxyl groups is 1. The van der Waals surface area contributed by atoms with Crippen molar-refractivity contribution in [3.8, 4) is 0 Å². The van der Waals surface area contributed by atoms with E-state index < -0.39 is 53.0 Å².